The minimum absolute atomic E-state index is 0.0805. The number of hydrogen-bond acceptors (Lipinski definition) is 8. The smallest absolute Gasteiger partial charge is 0.274 e. The Bertz CT molecular complexity index is 1260. The number of anilines is 1. The van der Waals surface area contributed by atoms with Gasteiger partial charge in [0.2, 0.25) is 5.95 Å². The summed E-state index contributed by atoms with van der Waals surface area (Å²) in [6.07, 6.45) is 1.51. The maximum absolute atomic E-state index is 12.7. The van der Waals surface area contributed by atoms with Crippen LogP contribution in [0.2, 0.25) is 0 Å². The lowest BCUT2D eigenvalue weighted by Crippen LogP contribution is -2.22. The highest BCUT2D eigenvalue weighted by Crippen LogP contribution is 2.33. The van der Waals surface area contributed by atoms with Gasteiger partial charge in [0.15, 0.2) is 17.3 Å². The largest absolute Gasteiger partial charge is 0.377 e. The molecule has 0 aliphatic heterocycles. The van der Waals surface area contributed by atoms with Crippen molar-refractivity contribution in [1.82, 2.24) is 29.8 Å². The predicted octanol–water partition coefficient (Wildman–Crippen LogP) is 1.65. The number of rotatable bonds is 4. The van der Waals surface area contributed by atoms with Crippen LogP contribution in [-0.2, 0) is 5.60 Å². The summed E-state index contributed by atoms with van der Waals surface area (Å²) in [4.78, 5) is 22.3. The molecule has 1 amide bonds. The number of carbonyl (C=O) groups is 1. The fourth-order valence-electron chi connectivity index (χ4n) is 3.18. The van der Waals surface area contributed by atoms with Crippen molar-refractivity contribution in [1.29, 1.82) is 0 Å². The molecule has 0 aliphatic rings. The summed E-state index contributed by atoms with van der Waals surface area (Å²) in [5.74, 6) is 0.530. The minimum Gasteiger partial charge on any atom is -0.377 e. The monoisotopic (exact) mass is 407 g/mol. The van der Waals surface area contributed by atoms with E-state index in [4.69, 9.17) is 10.3 Å². The molecule has 1 unspecified atom stereocenters. The molecular weight excluding hydrogens is 386 g/mol. The number of fused-ring (bicyclic) bond motifs is 1. The van der Waals surface area contributed by atoms with E-state index < -0.39 is 5.60 Å². The molecule has 3 aromatic heterocycles. The molecule has 0 saturated heterocycles. The fraction of sp³-hybridized carbons (Fsp3) is 0.250. The maximum Gasteiger partial charge on any atom is 0.274 e. The van der Waals surface area contributed by atoms with E-state index in [9.17, 15) is 9.90 Å². The van der Waals surface area contributed by atoms with E-state index >= 15 is 0 Å². The van der Waals surface area contributed by atoms with Crippen LogP contribution in [-0.4, -0.2) is 54.9 Å². The summed E-state index contributed by atoms with van der Waals surface area (Å²) in [7, 11) is 3.31. The number of aliphatic hydroxyl groups is 1. The molecule has 1 atom stereocenters. The molecule has 3 heterocycles. The van der Waals surface area contributed by atoms with Crippen molar-refractivity contribution in [2.75, 3.05) is 19.8 Å². The van der Waals surface area contributed by atoms with Crippen LogP contribution in [0.4, 0.5) is 5.95 Å². The lowest BCUT2D eigenvalue weighted by atomic mass is 9.92. The molecule has 0 aliphatic carbocycles. The Morgan fingerprint density at radius 3 is 2.67 bits per heavy atom. The Hall–Kier alpha value is -3.79. The molecule has 30 heavy (non-hydrogen) atoms. The second kappa shape index (κ2) is 6.92. The molecule has 3 N–H and O–H groups in total. The lowest BCUT2D eigenvalue weighted by Gasteiger charge is -2.20. The quantitative estimate of drug-likeness (QED) is 0.521. The Morgan fingerprint density at radius 1 is 1.27 bits per heavy atom. The van der Waals surface area contributed by atoms with Crippen molar-refractivity contribution in [3.63, 3.8) is 0 Å². The molecular formula is C20H21N7O3. The Labute approximate surface area is 171 Å². The number of hydrogen-bond donors (Lipinski definition) is 2. The highest BCUT2D eigenvalue weighted by molar-refractivity contribution is 6.05. The van der Waals surface area contributed by atoms with Crippen LogP contribution in [0.15, 0.2) is 41.1 Å². The van der Waals surface area contributed by atoms with Crippen molar-refractivity contribution in [2.45, 2.75) is 19.4 Å². The van der Waals surface area contributed by atoms with Gasteiger partial charge in [-0.05, 0) is 31.5 Å². The van der Waals surface area contributed by atoms with Gasteiger partial charge in [-0.3, -0.25) is 4.79 Å². The summed E-state index contributed by atoms with van der Waals surface area (Å²) >= 11 is 0. The molecule has 10 heteroatoms. The zero-order valence-corrected chi connectivity index (χ0v) is 17.0. The average molecular weight is 407 g/mol. The van der Waals surface area contributed by atoms with E-state index in [1.54, 1.807) is 58.3 Å². The first kappa shape index (κ1) is 19.5. The lowest BCUT2D eigenvalue weighted by molar-refractivity contribution is 0.0694. The van der Waals surface area contributed by atoms with Crippen LogP contribution < -0.4 is 5.73 Å². The average Bonchev–Trinajstić information content (AvgIpc) is 3.31. The van der Waals surface area contributed by atoms with E-state index in [0.717, 1.165) is 0 Å². The van der Waals surface area contributed by atoms with Crippen molar-refractivity contribution in [3.05, 3.63) is 59.2 Å². The van der Waals surface area contributed by atoms with E-state index in [1.807, 2.05) is 0 Å². The SMILES string of the molecule is Cc1cc(C(C)(O)c2ccc3c(C(=O)N(C)C)nn(-c4ccnc(N)n4)c3c2)on1. The summed E-state index contributed by atoms with van der Waals surface area (Å²) in [6.45, 7) is 3.39. The molecule has 10 nitrogen and oxygen atoms in total. The van der Waals surface area contributed by atoms with Gasteiger partial charge >= 0.3 is 0 Å². The summed E-state index contributed by atoms with van der Waals surface area (Å²) in [5, 5.41) is 20.1. The van der Waals surface area contributed by atoms with Crippen LogP contribution in [0, 0.1) is 6.92 Å². The van der Waals surface area contributed by atoms with Crippen molar-refractivity contribution in [2.24, 2.45) is 0 Å². The van der Waals surface area contributed by atoms with Gasteiger partial charge in [0, 0.05) is 37.8 Å². The second-order valence-corrected chi connectivity index (χ2v) is 7.37. The van der Waals surface area contributed by atoms with Gasteiger partial charge in [-0.2, -0.15) is 10.1 Å². The van der Waals surface area contributed by atoms with Crippen LogP contribution in [0.1, 0.15) is 34.4 Å². The van der Waals surface area contributed by atoms with Crippen molar-refractivity contribution < 1.29 is 14.4 Å². The number of nitrogen functional groups attached to an aromatic ring is 1. The topological polar surface area (TPSA) is 136 Å². The highest BCUT2D eigenvalue weighted by atomic mass is 16.5. The van der Waals surface area contributed by atoms with Gasteiger partial charge in [0.1, 0.15) is 5.60 Å². The Morgan fingerprint density at radius 2 is 2.03 bits per heavy atom. The van der Waals surface area contributed by atoms with E-state index in [-0.39, 0.29) is 17.5 Å². The molecule has 4 rings (SSSR count). The third-order valence-corrected chi connectivity index (χ3v) is 4.84. The van der Waals surface area contributed by atoms with Gasteiger partial charge in [0.05, 0.1) is 11.2 Å². The zero-order valence-electron chi connectivity index (χ0n) is 17.0. The first-order valence-electron chi connectivity index (χ1n) is 9.18. The first-order valence-corrected chi connectivity index (χ1v) is 9.18. The third kappa shape index (κ3) is 3.16. The van der Waals surface area contributed by atoms with Gasteiger partial charge < -0.3 is 20.3 Å². The third-order valence-electron chi connectivity index (χ3n) is 4.84. The van der Waals surface area contributed by atoms with Crippen LogP contribution in [0.3, 0.4) is 0 Å². The second-order valence-electron chi connectivity index (χ2n) is 7.37. The highest BCUT2D eigenvalue weighted by Gasteiger charge is 2.31. The molecule has 0 spiro atoms. The summed E-state index contributed by atoms with van der Waals surface area (Å²) in [6, 6.07) is 8.52. The first-order chi connectivity index (χ1) is 14.2. The Balaban J connectivity index is 1.96. The molecule has 0 radical (unpaired) electrons. The number of carbonyl (C=O) groups excluding carboxylic acids is 1. The number of nitrogens with two attached hydrogens (primary N) is 1. The minimum atomic E-state index is -1.44. The zero-order chi connectivity index (χ0) is 21.6. The van der Waals surface area contributed by atoms with Crippen molar-refractivity contribution >= 4 is 22.8 Å². The van der Waals surface area contributed by atoms with Crippen molar-refractivity contribution in [3.8, 4) is 5.82 Å². The number of amides is 1. The van der Waals surface area contributed by atoms with E-state index in [0.29, 0.717) is 33.7 Å². The standard InChI is InChI=1S/C20H21N7O3/c1-11-9-15(30-25-11)20(2,29)12-5-6-13-14(10-12)27(16-7-8-22-19(21)23-16)24-17(13)18(28)26(3)4/h5-10,29H,1-4H3,(H2,21,22,23). The van der Waals surface area contributed by atoms with Gasteiger partial charge in [0.25, 0.3) is 5.91 Å². The fourth-order valence-corrected chi connectivity index (χ4v) is 3.18. The molecule has 4 aromatic rings. The van der Waals surface area contributed by atoms with Crippen LogP contribution >= 0.6 is 0 Å². The summed E-state index contributed by atoms with van der Waals surface area (Å²) in [5.41, 5.74) is 6.32. The maximum atomic E-state index is 12.7. The van der Waals surface area contributed by atoms with E-state index in [2.05, 4.69) is 20.2 Å². The van der Waals surface area contributed by atoms with Gasteiger partial charge in [-0.25, -0.2) is 9.67 Å². The number of benzene rings is 1. The number of aryl methyl sites for hydroxylation is 1. The molecule has 0 saturated carbocycles. The van der Waals surface area contributed by atoms with E-state index in [1.165, 1.54) is 15.8 Å². The molecule has 0 fully saturated rings. The molecule has 154 valence electrons. The normalized spacial score (nSPS) is 13.4. The molecule has 0 bridgehead atoms. The summed E-state index contributed by atoms with van der Waals surface area (Å²) < 4.78 is 6.79. The van der Waals surface area contributed by atoms with Crippen LogP contribution in [0.5, 0.6) is 0 Å². The predicted molar refractivity (Wildman–Crippen MR) is 109 cm³/mol. The van der Waals surface area contributed by atoms with Gasteiger partial charge in [-0.1, -0.05) is 11.2 Å². The van der Waals surface area contributed by atoms with Gasteiger partial charge in [-0.15, -0.1) is 0 Å². The number of nitrogens with zero attached hydrogens (tertiary/aromatic N) is 6. The number of aromatic nitrogens is 5. The van der Waals surface area contributed by atoms with Crippen LogP contribution in [0.25, 0.3) is 16.7 Å². The Kier molecular flexibility index (Phi) is 4.50. The molecule has 1 aromatic carbocycles.